The molecule has 0 amide bonds. The van der Waals surface area contributed by atoms with Gasteiger partial charge in [0.2, 0.25) is 0 Å². The average molecular weight is 461 g/mol. The van der Waals surface area contributed by atoms with E-state index in [1.807, 2.05) is 6.07 Å². The second-order valence-electron chi connectivity index (χ2n) is 8.67. The van der Waals surface area contributed by atoms with Crippen LogP contribution in [-0.2, 0) is 4.74 Å². The number of halogens is 3. The molecule has 0 N–H and O–H groups in total. The predicted molar refractivity (Wildman–Crippen MR) is 120 cm³/mol. The number of fused-ring (bicyclic) bond motifs is 1. The molecule has 3 rings (SSSR count). The molecule has 7 heteroatoms. The third kappa shape index (κ3) is 5.46. The number of alkyl halides is 2. The van der Waals surface area contributed by atoms with E-state index in [1.54, 1.807) is 19.1 Å². The van der Waals surface area contributed by atoms with Crippen LogP contribution in [0.15, 0.2) is 18.2 Å². The standard InChI is InChI=1S/C23H31F3O2S2/c1-4-14(2)5-6-15(3)27-23(25,26)18-10-7-16(8-11-18)20-13-17-9-12-19(28-29)21(24)22(17)30-20/h9,12-16,18,29H,4-8,10-11H2,1-3H3. The lowest BCUT2D eigenvalue weighted by Crippen LogP contribution is -2.37. The monoisotopic (exact) mass is 460 g/mol. The molecule has 0 spiro atoms. The summed E-state index contributed by atoms with van der Waals surface area (Å²) in [6.07, 6.45) is 1.23. The zero-order chi connectivity index (χ0) is 21.9. The minimum atomic E-state index is -3.09. The minimum absolute atomic E-state index is 0.0992. The van der Waals surface area contributed by atoms with E-state index in [2.05, 4.69) is 26.8 Å². The molecule has 1 heterocycles. The van der Waals surface area contributed by atoms with Crippen molar-refractivity contribution in [1.82, 2.24) is 0 Å². The van der Waals surface area contributed by atoms with E-state index < -0.39 is 23.9 Å². The predicted octanol–water partition coefficient (Wildman–Crippen LogP) is 8.36. The van der Waals surface area contributed by atoms with Crippen molar-refractivity contribution in [3.63, 3.8) is 0 Å². The van der Waals surface area contributed by atoms with Gasteiger partial charge in [-0.1, -0.05) is 20.3 Å². The van der Waals surface area contributed by atoms with Gasteiger partial charge in [0, 0.05) is 17.8 Å². The molecule has 2 atom stereocenters. The Bertz CT molecular complexity index is 831. The molecule has 2 nitrogen and oxygen atoms in total. The Morgan fingerprint density at radius 2 is 1.87 bits per heavy atom. The van der Waals surface area contributed by atoms with Gasteiger partial charge in [0.1, 0.15) is 0 Å². The fourth-order valence-electron chi connectivity index (χ4n) is 4.20. The van der Waals surface area contributed by atoms with E-state index in [1.165, 1.54) is 11.3 Å². The van der Waals surface area contributed by atoms with Crippen LogP contribution in [0.5, 0.6) is 5.75 Å². The first kappa shape index (κ1) is 23.7. The van der Waals surface area contributed by atoms with Crippen LogP contribution < -0.4 is 4.18 Å². The summed E-state index contributed by atoms with van der Waals surface area (Å²) in [5.74, 6) is -0.366. The minimum Gasteiger partial charge on any atom is -0.426 e. The smallest absolute Gasteiger partial charge is 0.358 e. The molecule has 1 aliphatic carbocycles. The molecule has 1 aromatic heterocycles. The molecule has 2 aromatic rings. The zero-order valence-electron chi connectivity index (χ0n) is 17.8. The quantitative estimate of drug-likeness (QED) is 0.299. The van der Waals surface area contributed by atoms with Gasteiger partial charge in [-0.25, -0.2) is 4.39 Å². The fourth-order valence-corrected chi connectivity index (χ4v) is 5.60. The summed E-state index contributed by atoms with van der Waals surface area (Å²) in [7, 11) is 0. The third-order valence-electron chi connectivity index (χ3n) is 6.43. The van der Waals surface area contributed by atoms with Gasteiger partial charge >= 0.3 is 6.11 Å². The van der Waals surface area contributed by atoms with E-state index >= 15 is 0 Å². The Hall–Kier alpha value is -0.920. The summed E-state index contributed by atoms with van der Waals surface area (Å²) >= 11 is 5.07. The molecule has 2 unspecified atom stereocenters. The van der Waals surface area contributed by atoms with Crippen molar-refractivity contribution in [2.75, 3.05) is 0 Å². The summed E-state index contributed by atoms with van der Waals surface area (Å²) < 4.78 is 54.4. The van der Waals surface area contributed by atoms with Crippen LogP contribution in [0.4, 0.5) is 13.2 Å². The SMILES string of the molecule is CCC(C)CCC(C)OC(F)(F)C1CCC(c2cc3ccc(OS)c(F)c3s2)CC1. The van der Waals surface area contributed by atoms with Crippen molar-refractivity contribution < 1.29 is 22.1 Å². The van der Waals surface area contributed by atoms with Crippen molar-refractivity contribution in [3.8, 4) is 5.75 Å². The Morgan fingerprint density at radius 3 is 2.50 bits per heavy atom. The van der Waals surface area contributed by atoms with Crippen LogP contribution in [-0.4, -0.2) is 12.2 Å². The maximum Gasteiger partial charge on any atom is 0.358 e. The largest absolute Gasteiger partial charge is 0.426 e. The Balaban J connectivity index is 1.58. The molecular formula is C23H31F3O2S2. The Labute approximate surface area is 186 Å². The van der Waals surface area contributed by atoms with Gasteiger partial charge in [-0.05, 0) is 80.9 Å². The van der Waals surface area contributed by atoms with Crippen molar-refractivity contribution in [2.45, 2.75) is 83.8 Å². The summed E-state index contributed by atoms with van der Waals surface area (Å²) in [5, 5.41) is 0.813. The van der Waals surface area contributed by atoms with Gasteiger partial charge in [-0.2, -0.15) is 8.78 Å². The Kier molecular flexibility index (Phi) is 8.02. The molecule has 0 aliphatic heterocycles. The molecule has 1 aliphatic rings. The van der Waals surface area contributed by atoms with Crippen LogP contribution >= 0.6 is 24.2 Å². The number of ether oxygens (including phenoxy) is 1. The first-order valence-corrected chi connectivity index (χ1v) is 12.0. The molecule has 1 fully saturated rings. The molecule has 1 saturated carbocycles. The lowest BCUT2D eigenvalue weighted by Gasteiger charge is -2.34. The highest BCUT2D eigenvalue weighted by molar-refractivity contribution is 7.75. The van der Waals surface area contributed by atoms with Crippen LogP contribution in [0.1, 0.15) is 76.5 Å². The van der Waals surface area contributed by atoms with Gasteiger partial charge in [0.25, 0.3) is 0 Å². The number of thiophene rings is 1. The van der Waals surface area contributed by atoms with E-state index in [0.29, 0.717) is 42.7 Å². The highest BCUT2D eigenvalue weighted by atomic mass is 32.1. The van der Waals surface area contributed by atoms with Gasteiger partial charge in [0.05, 0.1) is 16.7 Å². The van der Waals surface area contributed by atoms with Gasteiger partial charge < -0.3 is 8.92 Å². The summed E-state index contributed by atoms with van der Waals surface area (Å²) in [6.45, 7) is 6.00. The second kappa shape index (κ2) is 10.1. The molecule has 0 saturated heterocycles. The van der Waals surface area contributed by atoms with Crippen LogP contribution in [0.25, 0.3) is 10.1 Å². The van der Waals surface area contributed by atoms with E-state index in [0.717, 1.165) is 23.1 Å². The van der Waals surface area contributed by atoms with Crippen LogP contribution in [0.2, 0.25) is 0 Å². The van der Waals surface area contributed by atoms with Crippen LogP contribution in [0.3, 0.4) is 0 Å². The number of rotatable bonds is 9. The molecular weight excluding hydrogens is 429 g/mol. The zero-order valence-corrected chi connectivity index (χ0v) is 19.5. The average Bonchev–Trinajstić information content (AvgIpc) is 3.17. The molecule has 1 aromatic carbocycles. The van der Waals surface area contributed by atoms with Gasteiger partial charge in [-0.3, -0.25) is 0 Å². The summed E-state index contributed by atoms with van der Waals surface area (Å²) in [4.78, 5) is 1.05. The summed E-state index contributed by atoms with van der Waals surface area (Å²) in [6, 6.07) is 5.33. The van der Waals surface area contributed by atoms with Crippen molar-refractivity contribution >= 4 is 34.3 Å². The molecule has 0 radical (unpaired) electrons. The maximum absolute atomic E-state index is 14.7. The first-order valence-electron chi connectivity index (χ1n) is 10.8. The number of hydrogen-bond donors (Lipinski definition) is 1. The molecule has 168 valence electrons. The maximum atomic E-state index is 14.7. The highest BCUT2D eigenvalue weighted by Gasteiger charge is 2.44. The first-order chi connectivity index (χ1) is 14.2. The van der Waals surface area contributed by atoms with Gasteiger partial charge in [-0.15, -0.1) is 11.3 Å². The van der Waals surface area contributed by atoms with E-state index in [4.69, 9.17) is 8.92 Å². The molecule has 30 heavy (non-hydrogen) atoms. The van der Waals surface area contributed by atoms with E-state index in [9.17, 15) is 13.2 Å². The number of hydrogen-bond acceptors (Lipinski definition) is 4. The van der Waals surface area contributed by atoms with Crippen LogP contribution in [0, 0.1) is 17.7 Å². The van der Waals surface area contributed by atoms with Crippen molar-refractivity contribution in [2.24, 2.45) is 11.8 Å². The third-order valence-corrected chi connectivity index (χ3v) is 7.94. The Morgan fingerprint density at radius 1 is 1.17 bits per heavy atom. The lowest BCUT2D eigenvalue weighted by molar-refractivity contribution is -0.295. The number of thiol groups is 1. The van der Waals surface area contributed by atoms with Crippen molar-refractivity contribution in [1.29, 1.82) is 0 Å². The normalized spacial score (nSPS) is 22.2. The van der Waals surface area contributed by atoms with Gasteiger partial charge in [0.15, 0.2) is 11.6 Å². The summed E-state index contributed by atoms with van der Waals surface area (Å²) in [5.41, 5.74) is 0. The van der Waals surface area contributed by atoms with E-state index in [-0.39, 0.29) is 11.7 Å². The second-order valence-corrected chi connectivity index (χ2v) is 9.93. The topological polar surface area (TPSA) is 18.5 Å². The fraction of sp³-hybridized carbons (Fsp3) is 0.652. The number of benzene rings is 1. The lowest BCUT2D eigenvalue weighted by atomic mass is 9.80. The highest BCUT2D eigenvalue weighted by Crippen LogP contribution is 2.46. The molecule has 0 bridgehead atoms. The van der Waals surface area contributed by atoms with Crippen molar-refractivity contribution in [3.05, 3.63) is 28.9 Å².